The Bertz CT molecular complexity index is 511. The summed E-state index contributed by atoms with van der Waals surface area (Å²) in [4.78, 5) is 29.5. The van der Waals surface area contributed by atoms with Gasteiger partial charge in [0.1, 0.15) is 0 Å². The van der Waals surface area contributed by atoms with Crippen molar-refractivity contribution >= 4 is 12.0 Å². The summed E-state index contributed by atoms with van der Waals surface area (Å²) in [6.07, 6.45) is 4.46. The fourth-order valence-corrected chi connectivity index (χ4v) is 2.39. The maximum Gasteiger partial charge on any atom is 0.409 e. The molecule has 21 heavy (non-hydrogen) atoms. The Morgan fingerprint density at radius 1 is 1.43 bits per heavy atom. The van der Waals surface area contributed by atoms with E-state index >= 15 is 0 Å². The third-order valence-corrected chi connectivity index (χ3v) is 3.64. The summed E-state index contributed by atoms with van der Waals surface area (Å²) >= 11 is 0. The fraction of sp³-hybridized carbons (Fsp3) is 0.533. The fourth-order valence-electron chi connectivity index (χ4n) is 2.39. The highest BCUT2D eigenvalue weighted by Crippen LogP contribution is 2.13. The van der Waals surface area contributed by atoms with E-state index in [0.29, 0.717) is 25.3 Å². The van der Waals surface area contributed by atoms with Crippen LogP contribution in [-0.4, -0.2) is 47.6 Å². The standard InChI is InChI=1S/C15H21N3O3/c1-3-21-15(20)18-8-5-12(6-9-18)17-14(19)13-10-16-7-4-11(13)2/h4,7,10,12H,3,5-6,8-9H2,1-2H3,(H,17,19). The van der Waals surface area contributed by atoms with Gasteiger partial charge in [0.25, 0.3) is 5.91 Å². The molecule has 1 aromatic heterocycles. The van der Waals surface area contributed by atoms with Gasteiger partial charge in [-0.1, -0.05) is 0 Å². The predicted octanol–water partition coefficient (Wildman–Crippen LogP) is 1.74. The van der Waals surface area contributed by atoms with Gasteiger partial charge in [0, 0.05) is 31.5 Å². The maximum absolute atomic E-state index is 12.2. The molecule has 0 unspecified atom stereocenters. The molecule has 0 atom stereocenters. The number of pyridine rings is 1. The molecule has 0 aliphatic carbocycles. The van der Waals surface area contributed by atoms with Gasteiger partial charge in [-0.15, -0.1) is 0 Å². The minimum atomic E-state index is -0.273. The van der Waals surface area contributed by atoms with Crippen LogP contribution in [0.1, 0.15) is 35.7 Å². The molecule has 1 aliphatic rings. The summed E-state index contributed by atoms with van der Waals surface area (Å²) in [6.45, 7) is 5.28. The summed E-state index contributed by atoms with van der Waals surface area (Å²) in [5, 5.41) is 3.01. The van der Waals surface area contributed by atoms with Crippen LogP contribution in [0.15, 0.2) is 18.5 Å². The number of ether oxygens (including phenoxy) is 1. The van der Waals surface area contributed by atoms with Crippen molar-refractivity contribution in [3.63, 3.8) is 0 Å². The van der Waals surface area contributed by atoms with Crippen LogP contribution in [0.3, 0.4) is 0 Å². The molecule has 1 aliphatic heterocycles. The summed E-state index contributed by atoms with van der Waals surface area (Å²) in [7, 11) is 0. The average Bonchev–Trinajstić information content (AvgIpc) is 2.48. The topological polar surface area (TPSA) is 71.5 Å². The Hall–Kier alpha value is -2.11. The van der Waals surface area contributed by atoms with Crippen LogP contribution >= 0.6 is 0 Å². The summed E-state index contributed by atoms with van der Waals surface area (Å²) in [5.74, 6) is -0.102. The number of hydrogen-bond acceptors (Lipinski definition) is 4. The molecule has 2 amide bonds. The largest absolute Gasteiger partial charge is 0.450 e. The number of carbonyl (C=O) groups is 2. The normalized spacial score (nSPS) is 15.6. The molecule has 0 bridgehead atoms. The number of aryl methyl sites for hydroxylation is 1. The molecule has 2 rings (SSSR count). The van der Waals surface area contributed by atoms with Gasteiger partial charge in [-0.3, -0.25) is 9.78 Å². The lowest BCUT2D eigenvalue weighted by Crippen LogP contribution is -2.46. The van der Waals surface area contributed by atoms with Gasteiger partial charge in [-0.05, 0) is 38.3 Å². The van der Waals surface area contributed by atoms with Gasteiger partial charge in [0.2, 0.25) is 0 Å². The molecule has 1 N–H and O–H groups in total. The van der Waals surface area contributed by atoms with Crippen molar-refractivity contribution < 1.29 is 14.3 Å². The minimum absolute atomic E-state index is 0.0859. The van der Waals surface area contributed by atoms with Gasteiger partial charge in [-0.25, -0.2) is 4.79 Å². The van der Waals surface area contributed by atoms with E-state index in [1.165, 1.54) is 0 Å². The van der Waals surface area contributed by atoms with Gasteiger partial charge in [0.05, 0.1) is 12.2 Å². The van der Waals surface area contributed by atoms with Gasteiger partial charge in [0.15, 0.2) is 0 Å². The molecule has 6 nitrogen and oxygen atoms in total. The zero-order chi connectivity index (χ0) is 15.2. The Labute approximate surface area is 124 Å². The summed E-state index contributed by atoms with van der Waals surface area (Å²) < 4.78 is 4.97. The molecule has 2 heterocycles. The average molecular weight is 291 g/mol. The van der Waals surface area contributed by atoms with E-state index in [1.54, 1.807) is 24.2 Å². The monoisotopic (exact) mass is 291 g/mol. The van der Waals surface area contributed by atoms with E-state index in [1.807, 2.05) is 13.0 Å². The van der Waals surface area contributed by atoms with Crippen LogP contribution < -0.4 is 5.32 Å². The number of hydrogen-bond donors (Lipinski definition) is 1. The molecule has 0 aromatic carbocycles. The third-order valence-electron chi connectivity index (χ3n) is 3.64. The lowest BCUT2D eigenvalue weighted by molar-refractivity contribution is 0.0859. The first-order valence-corrected chi connectivity index (χ1v) is 7.25. The lowest BCUT2D eigenvalue weighted by Gasteiger charge is -2.31. The molecule has 1 saturated heterocycles. The Morgan fingerprint density at radius 3 is 2.76 bits per heavy atom. The second-order valence-electron chi connectivity index (χ2n) is 5.12. The highest BCUT2D eigenvalue weighted by molar-refractivity contribution is 5.95. The second kappa shape index (κ2) is 7.06. The van der Waals surface area contributed by atoms with Crippen LogP contribution in [0, 0.1) is 6.92 Å². The highest BCUT2D eigenvalue weighted by atomic mass is 16.6. The maximum atomic E-state index is 12.2. The number of amides is 2. The molecular formula is C15H21N3O3. The molecule has 6 heteroatoms. The van der Waals surface area contributed by atoms with Crippen molar-refractivity contribution in [2.24, 2.45) is 0 Å². The van der Waals surface area contributed by atoms with Crippen LogP contribution in [-0.2, 0) is 4.74 Å². The molecule has 0 saturated carbocycles. The molecule has 1 aromatic rings. The van der Waals surface area contributed by atoms with Crippen LogP contribution in [0.5, 0.6) is 0 Å². The Morgan fingerprint density at radius 2 is 2.14 bits per heavy atom. The molecule has 1 fully saturated rings. The number of piperidine rings is 1. The van der Waals surface area contributed by atoms with E-state index in [-0.39, 0.29) is 18.0 Å². The first kappa shape index (κ1) is 15.3. The number of aromatic nitrogens is 1. The van der Waals surface area contributed by atoms with Gasteiger partial charge < -0.3 is 15.0 Å². The molecule has 0 spiro atoms. The number of likely N-dealkylation sites (tertiary alicyclic amines) is 1. The Balaban J connectivity index is 1.85. The van der Waals surface area contributed by atoms with Crippen molar-refractivity contribution in [3.05, 3.63) is 29.6 Å². The quantitative estimate of drug-likeness (QED) is 0.920. The smallest absolute Gasteiger partial charge is 0.409 e. The van der Waals surface area contributed by atoms with E-state index in [0.717, 1.165) is 18.4 Å². The number of carbonyl (C=O) groups excluding carboxylic acids is 2. The summed E-state index contributed by atoms with van der Waals surface area (Å²) in [6, 6.07) is 1.90. The Kier molecular flexibility index (Phi) is 5.14. The molecule has 114 valence electrons. The van der Waals surface area contributed by atoms with E-state index in [2.05, 4.69) is 10.3 Å². The minimum Gasteiger partial charge on any atom is -0.450 e. The van der Waals surface area contributed by atoms with Crippen molar-refractivity contribution in [1.29, 1.82) is 0 Å². The van der Waals surface area contributed by atoms with Crippen LogP contribution in [0.25, 0.3) is 0 Å². The molecular weight excluding hydrogens is 270 g/mol. The van der Waals surface area contributed by atoms with Crippen molar-refractivity contribution in [2.45, 2.75) is 32.7 Å². The van der Waals surface area contributed by atoms with Gasteiger partial charge >= 0.3 is 6.09 Å². The van der Waals surface area contributed by atoms with Crippen molar-refractivity contribution in [3.8, 4) is 0 Å². The third kappa shape index (κ3) is 3.93. The first-order valence-electron chi connectivity index (χ1n) is 7.25. The zero-order valence-corrected chi connectivity index (χ0v) is 12.5. The first-order chi connectivity index (χ1) is 10.1. The predicted molar refractivity (Wildman–Crippen MR) is 78.1 cm³/mol. The molecule has 0 radical (unpaired) electrons. The number of rotatable bonds is 3. The lowest BCUT2D eigenvalue weighted by atomic mass is 10.0. The van der Waals surface area contributed by atoms with Gasteiger partial charge in [-0.2, -0.15) is 0 Å². The summed E-state index contributed by atoms with van der Waals surface area (Å²) in [5.41, 5.74) is 1.51. The number of nitrogens with zero attached hydrogens (tertiary/aromatic N) is 2. The highest BCUT2D eigenvalue weighted by Gasteiger charge is 2.25. The van der Waals surface area contributed by atoms with E-state index in [4.69, 9.17) is 4.74 Å². The van der Waals surface area contributed by atoms with E-state index < -0.39 is 0 Å². The van der Waals surface area contributed by atoms with Crippen LogP contribution in [0.2, 0.25) is 0 Å². The SMILES string of the molecule is CCOC(=O)N1CCC(NC(=O)c2cnccc2C)CC1. The van der Waals surface area contributed by atoms with Crippen LogP contribution in [0.4, 0.5) is 4.79 Å². The zero-order valence-electron chi connectivity index (χ0n) is 12.5. The number of nitrogens with one attached hydrogen (secondary N) is 1. The van der Waals surface area contributed by atoms with E-state index in [9.17, 15) is 9.59 Å². The second-order valence-corrected chi connectivity index (χ2v) is 5.12. The van der Waals surface area contributed by atoms with Crippen molar-refractivity contribution in [1.82, 2.24) is 15.2 Å². The van der Waals surface area contributed by atoms with Crippen molar-refractivity contribution in [2.75, 3.05) is 19.7 Å².